The van der Waals surface area contributed by atoms with E-state index in [-0.39, 0.29) is 18.0 Å². The van der Waals surface area contributed by atoms with Crippen molar-refractivity contribution in [3.63, 3.8) is 0 Å². The number of rotatable bonds is 15. The Hall–Kier alpha value is -1.06. The van der Waals surface area contributed by atoms with E-state index in [1.807, 2.05) is 27.7 Å². The Morgan fingerprint density at radius 1 is 0.840 bits per heavy atom. The molecular formula is C21H41NO3. The van der Waals surface area contributed by atoms with Crippen LogP contribution in [0, 0.1) is 5.92 Å². The summed E-state index contributed by atoms with van der Waals surface area (Å²) in [4.78, 5) is 24.2. The van der Waals surface area contributed by atoms with E-state index in [1.165, 1.54) is 44.9 Å². The molecule has 148 valence electrons. The predicted molar refractivity (Wildman–Crippen MR) is 104 cm³/mol. The van der Waals surface area contributed by atoms with Gasteiger partial charge in [0.2, 0.25) is 5.91 Å². The van der Waals surface area contributed by atoms with E-state index in [0.29, 0.717) is 18.8 Å². The highest BCUT2D eigenvalue weighted by Gasteiger charge is 2.23. The highest BCUT2D eigenvalue weighted by molar-refractivity contribution is 5.84. The van der Waals surface area contributed by atoms with Crippen molar-refractivity contribution in [3.8, 4) is 0 Å². The minimum atomic E-state index is -0.520. The molecule has 0 fully saturated rings. The number of ether oxygens (including phenoxy) is 1. The van der Waals surface area contributed by atoms with Gasteiger partial charge < -0.3 is 10.1 Å². The van der Waals surface area contributed by atoms with Crippen LogP contribution in [0.3, 0.4) is 0 Å². The molecule has 1 amide bonds. The number of carbonyl (C=O) groups is 2. The van der Waals surface area contributed by atoms with Gasteiger partial charge in [-0.2, -0.15) is 0 Å². The molecule has 0 heterocycles. The molecule has 0 aliphatic rings. The molecule has 0 saturated carbocycles. The molecule has 0 aromatic heterocycles. The first-order valence-corrected chi connectivity index (χ1v) is 10.4. The van der Waals surface area contributed by atoms with Crippen molar-refractivity contribution in [1.82, 2.24) is 5.32 Å². The molecule has 0 saturated heterocycles. The lowest BCUT2D eigenvalue weighted by molar-refractivity contribution is -0.152. The molecule has 25 heavy (non-hydrogen) atoms. The van der Waals surface area contributed by atoms with Crippen molar-refractivity contribution in [2.45, 2.75) is 117 Å². The molecule has 4 nitrogen and oxygen atoms in total. The molecule has 0 aliphatic heterocycles. The fourth-order valence-electron chi connectivity index (χ4n) is 2.86. The van der Waals surface area contributed by atoms with Crippen molar-refractivity contribution in [1.29, 1.82) is 0 Å². The number of nitrogens with one attached hydrogen (secondary N) is 1. The molecule has 0 rings (SSSR count). The Morgan fingerprint density at radius 3 is 1.84 bits per heavy atom. The maximum Gasteiger partial charge on any atom is 0.328 e. The minimum Gasteiger partial charge on any atom is -0.461 e. The summed E-state index contributed by atoms with van der Waals surface area (Å²) in [6, 6.07) is -0.520. The average molecular weight is 356 g/mol. The second-order valence-electron chi connectivity index (χ2n) is 7.81. The van der Waals surface area contributed by atoms with Gasteiger partial charge in [-0.15, -0.1) is 0 Å². The second-order valence-corrected chi connectivity index (χ2v) is 7.81. The van der Waals surface area contributed by atoms with Crippen LogP contribution in [0.25, 0.3) is 0 Å². The van der Waals surface area contributed by atoms with Gasteiger partial charge in [0.05, 0.1) is 6.10 Å². The number of hydrogen-bond donors (Lipinski definition) is 1. The highest BCUT2D eigenvalue weighted by Crippen LogP contribution is 2.11. The Bertz CT molecular complexity index is 353. The number of unbranched alkanes of at least 4 members (excludes halogenated alkanes) is 8. The summed E-state index contributed by atoms with van der Waals surface area (Å²) in [5, 5.41) is 2.87. The lowest BCUT2D eigenvalue weighted by Crippen LogP contribution is -2.43. The molecular weight excluding hydrogens is 314 g/mol. The molecule has 0 spiro atoms. The van der Waals surface area contributed by atoms with Crippen LogP contribution >= 0.6 is 0 Å². The lowest BCUT2D eigenvalue weighted by atomic mass is 10.0. The molecule has 0 aliphatic carbocycles. The van der Waals surface area contributed by atoms with Gasteiger partial charge in [-0.05, 0) is 32.6 Å². The molecule has 1 atom stereocenters. The Balaban J connectivity index is 3.92. The average Bonchev–Trinajstić information content (AvgIpc) is 2.51. The van der Waals surface area contributed by atoms with Gasteiger partial charge >= 0.3 is 5.97 Å². The van der Waals surface area contributed by atoms with Crippen LogP contribution in [-0.2, 0) is 14.3 Å². The van der Waals surface area contributed by atoms with Crippen LogP contribution in [0.5, 0.6) is 0 Å². The summed E-state index contributed by atoms with van der Waals surface area (Å²) >= 11 is 0. The number of hydrogen-bond acceptors (Lipinski definition) is 3. The number of amides is 1. The fraction of sp³-hybridized carbons (Fsp3) is 0.905. The van der Waals surface area contributed by atoms with Crippen LogP contribution in [0.2, 0.25) is 0 Å². The predicted octanol–water partition coefficient (Wildman–Crippen LogP) is 5.39. The standard InChI is InChI=1S/C21H41NO3/c1-6-7-8-9-10-11-12-13-14-15-20(23)22-19(16-17(2)3)21(24)25-18(4)5/h17-19H,6-16H2,1-5H3,(H,22,23). The van der Waals surface area contributed by atoms with Gasteiger partial charge in [0.1, 0.15) is 6.04 Å². The van der Waals surface area contributed by atoms with E-state index >= 15 is 0 Å². The molecule has 0 aromatic rings. The first-order chi connectivity index (χ1) is 11.9. The molecule has 1 unspecified atom stereocenters. The zero-order valence-corrected chi connectivity index (χ0v) is 17.2. The topological polar surface area (TPSA) is 55.4 Å². The van der Waals surface area contributed by atoms with Crippen molar-refractivity contribution in [3.05, 3.63) is 0 Å². The summed E-state index contributed by atoms with van der Waals surface area (Å²) in [6.07, 6.45) is 12.0. The van der Waals surface area contributed by atoms with Gasteiger partial charge in [-0.25, -0.2) is 4.79 Å². The smallest absolute Gasteiger partial charge is 0.328 e. The quantitative estimate of drug-likeness (QED) is 0.316. The minimum absolute atomic E-state index is 0.0331. The van der Waals surface area contributed by atoms with E-state index < -0.39 is 6.04 Å². The summed E-state index contributed by atoms with van der Waals surface area (Å²) in [6.45, 7) is 9.98. The fourth-order valence-corrected chi connectivity index (χ4v) is 2.86. The highest BCUT2D eigenvalue weighted by atomic mass is 16.5. The Morgan fingerprint density at radius 2 is 1.36 bits per heavy atom. The first kappa shape index (κ1) is 23.9. The second kappa shape index (κ2) is 15.2. The SMILES string of the molecule is CCCCCCCCCCCC(=O)NC(CC(C)C)C(=O)OC(C)C. The summed E-state index contributed by atoms with van der Waals surface area (Å²) in [5.74, 6) is -0.0175. The van der Waals surface area contributed by atoms with Crippen LogP contribution in [0.1, 0.15) is 105 Å². The van der Waals surface area contributed by atoms with E-state index in [2.05, 4.69) is 12.2 Å². The van der Waals surface area contributed by atoms with Gasteiger partial charge in [0.25, 0.3) is 0 Å². The van der Waals surface area contributed by atoms with E-state index in [9.17, 15) is 9.59 Å². The van der Waals surface area contributed by atoms with E-state index in [1.54, 1.807) is 0 Å². The van der Waals surface area contributed by atoms with Crippen LogP contribution in [-0.4, -0.2) is 24.0 Å². The van der Waals surface area contributed by atoms with Crippen LogP contribution in [0.15, 0.2) is 0 Å². The maximum absolute atomic E-state index is 12.1. The summed E-state index contributed by atoms with van der Waals surface area (Å²) in [5.41, 5.74) is 0. The summed E-state index contributed by atoms with van der Waals surface area (Å²) in [7, 11) is 0. The third-order valence-corrected chi connectivity index (χ3v) is 4.19. The number of esters is 1. The summed E-state index contributed by atoms with van der Waals surface area (Å²) < 4.78 is 5.26. The monoisotopic (exact) mass is 355 g/mol. The van der Waals surface area contributed by atoms with Crippen molar-refractivity contribution in [2.75, 3.05) is 0 Å². The van der Waals surface area contributed by atoms with Crippen LogP contribution < -0.4 is 5.32 Å². The molecule has 1 N–H and O–H groups in total. The lowest BCUT2D eigenvalue weighted by Gasteiger charge is -2.20. The van der Waals surface area contributed by atoms with E-state index in [4.69, 9.17) is 4.74 Å². The largest absolute Gasteiger partial charge is 0.461 e. The molecule has 0 radical (unpaired) electrons. The van der Waals surface area contributed by atoms with Crippen molar-refractivity contribution >= 4 is 11.9 Å². The number of carbonyl (C=O) groups excluding carboxylic acids is 2. The Kier molecular flexibility index (Phi) is 14.6. The van der Waals surface area contributed by atoms with Crippen molar-refractivity contribution < 1.29 is 14.3 Å². The van der Waals surface area contributed by atoms with E-state index in [0.717, 1.165) is 12.8 Å². The zero-order chi connectivity index (χ0) is 19.1. The van der Waals surface area contributed by atoms with Crippen LogP contribution in [0.4, 0.5) is 0 Å². The van der Waals surface area contributed by atoms with Gasteiger partial charge in [0.15, 0.2) is 0 Å². The van der Waals surface area contributed by atoms with Gasteiger partial charge in [-0.3, -0.25) is 4.79 Å². The molecule has 0 aromatic carbocycles. The van der Waals surface area contributed by atoms with Gasteiger partial charge in [0, 0.05) is 6.42 Å². The maximum atomic E-state index is 12.1. The molecule has 0 bridgehead atoms. The first-order valence-electron chi connectivity index (χ1n) is 10.4. The normalized spacial score (nSPS) is 12.4. The third-order valence-electron chi connectivity index (χ3n) is 4.19. The Labute approximate surface area is 155 Å². The van der Waals surface area contributed by atoms with Gasteiger partial charge in [-0.1, -0.05) is 72.1 Å². The zero-order valence-electron chi connectivity index (χ0n) is 17.2. The third kappa shape index (κ3) is 14.9. The molecule has 4 heteroatoms. The van der Waals surface area contributed by atoms with Crippen molar-refractivity contribution in [2.24, 2.45) is 5.92 Å².